The van der Waals surface area contributed by atoms with Crippen LogP contribution >= 0.6 is 34.7 Å². The van der Waals surface area contributed by atoms with Gasteiger partial charge < -0.3 is 14.8 Å². The Morgan fingerprint density at radius 1 is 1.31 bits per heavy atom. The molecule has 192 valence electrons. The molecule has 0 aliphatic heterocycles. The summed E-state index contributed by atoms with van der Waals surface area (Å²) in [5.74, 6) is 0.661. The van der Waals surface area contributed by atoms with Crippen molar-refractivity contribution >= 4 is 51.6 Å². The van der Waals surface area contributed by atoms with Crippen LogP contribution in [0.25, 0.3) is 0 Å². The van der Waals surface area contributed by atoms with Crippen LogP contribution in [-0.4, -0.2) is 39.0 Å². The Morgan fingerprint density at radius 3 is 2.72 bits per heavy atom. The molecule has 0 aliphatic carbocycles. The molecule has 1 aromatic carbocycles. The van der Waals surface area contributed by atoms with E-state index in [1.807, 2.05) is 38.3 Å². The fraction of sp³-hybridized carbons (Fsp3) is 0.360. The van der Waals surface area contributed by atoms with Crippen molar-refractivity contribution in [3.8, 4) is 5.75 Å². The summed E-state index contributed by atoms with van der Waals surface area (Å²) in [6, 6.07) is 5.46. The summed E-state index contributed by atoms with van der Waals surface area (Å²) >= 11 is 8.71. The second-order valence-corrected chi connectivity index (χ2v) is 10.5. The molecule has 8 nitrogen and oxygen atoms in total. The number of benzene rings is 1. The highest BCUT2D eigenvalue weighted by atomic mass is 35.5. The highest BCUT2D eigenvalue weighted by Crippen LogP contribution is 2.33. The van der Waals surface area contributed by atoms with E-state index in [0.29, 0.717) is 38.9 Å². The van der Waals surface area contributed by atoms with E-state index in [4.69, 9.17) is 21.1 Å². The SMILES string of the molecule is C=CCn1c(SCC(=O)Nc2sc(C)c(C)c2C(=O)OCC)nnc1C(C)Oc1ccc(Cl)c(C)c1. The fourth-order valence-corrected chi connectivity index (χ4v) is 5.35. The Morgan fingerprint density at radius 2 is 2.06 bits per heavy atom. The summed E-state index contributed by atoms with van der Waals surface area (Å²) in [7, 11) is 0. The van der Waals surface area contributed by atoms with Crippen LogP contribution < -0.4 is 10.1 Å². The number of rotatable bonds is 11. The molecule has 0 aliphatic rings. The second kappa shape index (κ2) is 12.4. The van der Waals surface area contributed by atoms with Crippen LogP contribution in [0.4, 0.5) is 5.00 Å². The molecular weight excluding hydrogens is 520 g/mol. The zero-order chi connectivity index (χ0) is 26.4. The lowest BCUT2D eigenvalue weighted by molar-refractivity contribution is -0.113. The number of esters is 1. The molecule has 0 fully saturated rings. The highest BCUT2D eigenvalue weighted by molar-refractivity contribution is 7.99. The lowest BCUT2D eigenvalue weighted by atomic mass is 10.1. The van der Waals surface area contributed by atoms with Gasteiger partial charge in [0.05, 0.1) is 17.9 Å². The van der Waals surface area contributed by atoms with Gasteiger partial charge in [0.15, 0.2) is 17.1 Å². The van der Waals surface area contributed by atoms with Crippen LogP contribution in [0, 0.1) is 20.8 Å². The minimum atomic E-state index is -0.442. The first kappa shape index (κ1) is 27.8. The number of hydrogen-bond acceptors (Lipinski definition) is 8. The normalized spacial score (nSPS) is 11.7. The highest BCUT2D eigenvalue weighted by Gasteiger charge is 2.23. The molecule has 0 saturated heterocycles. The number of allylic oxidation sites excluding steroid dienone is 1. The van der Waals surface area contributed by atoms with Gasteiger partial charge in [0, 0.05) is 16.4 Å². The van der Waals surface area contributed by atoms with E-state index in [1.54, 1.807) is 25.1 Å². The molecule has 0 radical (unpaired) electrons. The van der Waals surface area contributed by atoms with E-state index < -0.39 is 12.1 Å². The van der Waals surface area contributed by atoms with Crippen molar-refractivity contribution < 1.29 is 19.1 Å². The number of nitrogens with zero attached hydrogens (tertiary/aromatic N) is 3. The Balaban J connectivity index is 1.71. The van der Waals surface area contributed by atoms with Gasteiger partial charge in [0.25, 0.3) is 0 Å². The standard InChI is InChI=1S/C25H29ClN4O4S2/c1-7-11-30-22(16(5)34-18-9-10-19(26)14(3)12-18)28-29-25(30)35-13-20(31)27-23-21(24(32)33-8-2)15(4)17(6)36-23/h7,9-10,12,16H,1,8,11,13H2,2-6H3,(H,27,31). The first-order valence-electron chi connectivity index (χ1n) is 11.3. The number of nitrogens with one attached hydrogen (secondary N) is 1. The number of thioether (sulfide) groups is 1. The van der Waals surface area contributed by atoms with Gasteiger partial charge in [-0.3, -0.25) is 9.36 Å². The van der Waals surface area contributed by atoms with Gasteiger partial charge in [-0.1, -0.05) is 29.4 Å². The largest absolute Gasteiger partial charge is 0.483 e. The molecule has 1 atom stereocenters. The summed E-state index contributed by atoms with van der Waals surface area (Å²) in [6.45, 7) is 13.8. The molecule has 1 unspecified atom stereocenters. The van der Waals surface area contributed by atoms with Crippen LogP contribution in [0.3, 0.4) is 0 Å². The monoisotopic (exact) mass is 548 g/mol. The Kier molecular flexibility index (Phi) is 9.58. The van der Waals surface area contributed by atoms with E-state index in [1.165, 1.54) is 23.1 Å². The van der Waals surface area contributed by atoms with Crippen LogP contribution in [0.1, 0.15) is 52.1 Å². The van der Waals surface area contributed by atoms with Crippen molar-refractivity contribution in [3.63, 3.8) is 0 Å². The van der Waals surface area contributed by atoms with E-state index in [9.17, 15) is 9.59 Å². The number of aryl methyl sites for hydroxylation is 2. The lowest BCUT2D eigenvalue weighted by Crippen LogP contribution is -2.17. The zero-order valence-electron chi connectivity index (χ0n) is 20.9. The number of halogens is 1. The first-order valence-corrected chi connectivity index (χ1v) is 13.5. The molecule has 3 rings (SSSR count). The van der Waals surface area contributed by atoms with E-state index in [0.717, 1.165) is 16.0 Å². The summed E-state index contributed by atoms with van der Waals surface area (Å²) in [6.07, 6.45) is 1.34. The van der Waals surface area contributed by atoms with Crippen molar-refractivity contribution in [2.45, 2.75) is 52.4 Å². The second-order valence-electron chi connectivity index (χ2n) is 7.96. The first-order chi connectivity index (χ1) is 17.2. The Labute approximate surface area is 224 Å². The molecule has 11 heteroatoms. The number of hydrogen-bond donors (Lipinski definition) is 1. The number of aromatic nitrogens is 3. The summed E-state index contributed by atoms with van der Waals surface area (Å²) in [5.41, 5.74) is 2.12. The number of thiophene rings is 1. The third kappa shape index (κ3) is 6.48. The van der Waals surface area contributed by atoms with Gasteiger partial charge in [-0.05, 0) is 63.9 Å². The van der Waals surface area contributed by atoms with Gasteiger partial charge in [0.1, 0.15) is 10.8 Å². The molecule has 3 aromatic rings. The van der Waals surface area contributed by atoms with Gasteiger partial charge in [0.2, 0.25) is 5.91 Å². The minimum absolute atomic E-state index is 0.0825. The van der Waals surface area contributed by atoms with E-state index >= 15 is 0 Å². The average Bonchev–Trinajstić information content (AvgIpc) is 3.35. The van der Waals surface area contributed by atoms with Crippen molar-refractivity contribution in [3.05, 3.63) is 63.3 Å². The van der Waals surface area contributed by atoms with Crippen LogP contribution in [0.5, 0.6) is 5.75 Å². The average molecular weight is 549 g/mol. The van der Waals surface area contributed by atoms with Gasteiger partial charge in [-0.2, -0.15) is 0 Å². The van der Waals surface area contributed by atoms with Crippen molar-refractivity contribution in [1.82, 2.24) is 14.8 Å². The lowest BCUT2D eigenvalue weighted by Gasteiger charge is -2.16. The molecule has 0 bridgehead atoms. The number of carbonyl (C=O) groups is 2. The van der Waals surface area contributed by atoms with Gasteiger partial charge in [-0.15, -0.1) is 28.1 Å². The van der Waals surface area contributed by atoms with Crippen LogP contribution in [-0.2, 0) is 16.1 Å². The smallest absolute Gasteiger partial charge is 0.341 e. The maximum atomic E-state index is 12.8. The number of carbonyl (C=O) groups excluding carboxylic acids is 2. The number of anilines is 1. The predicted molar refractivity (Wildman–Crippen MR) is 145 cm³/mol. The predicted octanol–water partition coefficient (Wildman–Crippen LogP) is 6.15. The van der Waals surface area contributed by atoms with Gasteiger partial charge in [-0.25, -0.2) is 4.79 Å². The molecule has 2 heterocycles. The molecule has 2 aromatic heterocycles. The summed E-state index contributed by atoms with van der Waals surface area (Å²) < 4.78 is 13.1. The third-order valence-corrected chi connectivity index (χ3v) is 7.83. The molecule has 1 amide bonds. The van der Waals surface area contributed by atoms with Crippen LogP contribution in [0.15, 0.2) is 36.0 Å². The maximum absolute atomic E-state index is 12.8. The molecule has 36 heavy (non-hydrogen) atoms. The van der Waals surface area contributed by atoms with Gasteiger partial charge >= 0.3 is 5.97 Å². The molecule has 0 spiro atoms. The zero-order valence-corrected chi connectivity index (χ0v) is 23.3. The molecule has 0 saturated carbocycles. The Hall–Kier alpha value is -2.82. The van der Waals surface area contributed by atoms with Crippen molar-refractivity contribution in [2.24, 2.45) is 0 Å². The van der Waals surface area contributed by atoms with Crippen LogP contribution in [0.2, 0.25) is 5.02 Å². The number of ether oxygens (including phenoxy) is 2. The maximum Gasteiger partial charge on any atom is 0.341 e. The topological polar surface area (TPSA) is 95.3 Å². The van der Waals surface area contributed by atoms with E-state index in [-0.39, 0.29) is 18.3 Å². The van der Waals surface area contributed by atoms with Crippen molar-refractivity contribution in [1.29, 1.82) is 0 Å². The summed E-state index contributed by atoms with van der Waals surface area (Å²) in [4.78, 5) is 26.1. The summed E-state index contributed by atoms with van der Waals surface area (Å²) in [5, 5.41) is 13.2. The molecule has 1 N–H and O–H groups in total. The fourth-order valence-electron chi connectivity index (χ4n) is 3.41. The van der Waals surface area contributed by atoms with E-state index in [2.05, 4.69) is 22.1 Å². The van der Waals surface area contributed by atoms with Crippen molar-refractivity contribution in [2.75, 3.05) is 17.7 Å². The minimum Gasteiger partial charge on any atom is -0.483 e. The molecular formula is C25H29ClN4O4S2. The third-order valence-electron chi connectivity index (χ3n) is 5.31. The quantitative estimate of drug-likeness (QED) is 0.174. The Bertz CT molecular complexity index is 1270. The number of amides is 1.